The van der Waals surface area contributed by atoms with E-state index >= 15 is 0 Å². The van der Waals surface area contributed by atoms with Gasteiger partial charge in [0.15, 0.2) is 0 Å². The molecule has 0 amide bonds. The lowest BCUT2D eigenvalue weighted by molar-refractivity contribution is 0.00357. The minimum Gasteiger partial charge on any atom is -0.495 e. The van der Waals surface area contributed by atoms with Crippen LogP contribution in [0.5, 0.6) is 5.75 Å². The number of ether oxygens (including phenoxy) is 2. The Kier molecular flexibility index (Phi) is 7.57. The van der Waals surface area contributed by atoms with Crippen molar-refractivity contribution in [2.75, 3.05) is 50.2 Å². The second kappa shape index (κ2) is 11.0. The first-order chi connectivity index (χ1) is 18.4. The number of pyridine rings is 1. The Hall–Kier alpha value is -3.57. The van der Waals surface area contributed by atoms with Gasteiger partial charge in [-0.25, -0.2) is 4.98 Å². The van der Waals surface area contributed by atoms with Gasteiger partial charge in [0.1, 0.15) is 17.1 Å². The Balaban J connectivity index is 1.42. The van der Waals surface area contributed by atoms with E-state index in [0.29, 0.717) is 46.6 Å². The molecule has 5 N–H and O–H groups in total. The van der Waals surface area contributed by atoms with Crippen LogP contribution < -0.4 is 20.5 Å². The zero-order chi connectivity index (χ0) is 26.8. The number of methoxy groups -OCH3 is 1. The highest BCUT2D eigenvalue weighted by molar-refractivity contribution is 6.32. The van der Waals surface area contributed by atoms with E-state index < -0.39 is 6.10 Å². The number of aryl methyl sites for hydroxylation is 1. The van der Waals surface area contributed by atoms with Crippen molar-refractivity contribution in [1.29, 1.82) is 0 Å². The minimum absolute atomic E-state index is 0.0291. The smallest absolute Gasteiger partial charge is 0.261 e. The van der Waals surface area contributed by atoms with E-state index in [-0.39, 0.29) is 24.8 Å². The monoisotopic (exact) mass is 539 g/mol. The molecule has 11 heteroatoms. The van der Waals surface area contributed by atoms with E-state index in [9.17, 15) is 15.0 Å². The number of nitrogens with zero attached hydrogens (tertiary/aromatic N) is 2. The number of fused-ring (bicyclic) bond motifs is 1. The standard InChI is InChI=1S/C27H30ClN5O5/c1-15-9-17(33-7-8-38-18(13-33)14-34)11-21-25(15)32-26(31-21)24-20(5-6-29-27(24)36)30-12-22(35)16-3-4-23(37-2)19(28)10-16/h3-6,9-11,18,22,34-35H,7-8,12-14H2,1-2H3,(H,31,32)(H2,29,30,36). The Morgan fingerprint density at radius 1 is 1.32 bits per heavy atom. The van der Waals surface area contributed by atoms with Crippen LogP contribution in [0.2, 0.25) is 5.02 Å². The molecule has 2 atom stereocenters. The van der Waals surface area contributed by atoms with Crippen LogP contribution in [-0.4, -0.2) is 71.2 Å². The molecule has 0 saturated carbocycles. The van der Waals surface area contributed by atoms with Crippen LogP contribution in [0.4, 0.5) is 11.4 Å². The average molecular weight is 540 g/mol. The fourth-order valence-electron chi connectivity index (χ4n) is 4.71. The topological polar surface area (TPSA) is 136 Å². The molecular formula is C27H30ClN5O5. The van der Waals surface area contributed by atoms with Crippen LogP contribution in [0.25, 0.3) is 22.4 Å². The van der Waals surface area contributed by atoms with Crippen LogP contribution in [-0.2, 0) is 4.74 Å². The van der Waals surface area contributed by atoms with Crippen LogP contribution in [0.1, 0.15) is 17.2 Å². The molecule has 1 aliphatic rings. The Morgan fingerprint density at radius 3 is 2.92 bits per heavy atom. The first kappa shape index (κ1) is 26.1. The predicted molar refractivity (Wildman–Crippen MR) is 147 cm³/mol. The second-order valence-corrected chi connectivity index (χ2v) is 9.66. The van der Waals surface area contributed by atoms with Crippen molar-refractivity contribution in [3.05, 3.63) is 69.1 Å². The summed E-state index contributed by atoms with van der Waals surface area (Å²) >= 11 is 6.21. The number of H-pyrrole nitrogens is 2. The van der Waals surface area contributed by atoms with Gasteiger partial charge in [-0.1, -0.05) is 17.7 Å². The van der Waals surface area contributed by atoms with Gasteiger partial charge in [0.25, 0.3) is 5.56 Å². The molecular weight excluding hydrogens is 510 g/mol. The number of aromatic amines is 2. The summed E-state index contributed by atoms with van der Waals surface area (Å²) in [5, 5.41) is 23.8. The van der Waals surface area contributed by atoms with Gasteiger partial charge in [0.2, 0.25) is 0 Å². The molecule has 0 radical (unpaired) electrons. The lowest BCUT2D eigenvalue weighted by Gasteiger charge is -2.33. The van der Waals surface area contributed by atoms with Crippen molar-refractivity contribution in [2.45, 2.75) is 19.1 Å². The maximum absolute atomic E-state index is 12.9. The van der Waals surface area contributed by atoms with E-state index in [0.717, 1.165) is 28.8 Å². The van der Waals surface area contributed by atoms with Gasteiger partial charge in [-0.2, -0.15) is 0 Å². The molecule has 1 saturated heterocycles. The number of halogens is 1. The van der Waals surface area contributed by atoms with Crippen LogP contribution in [0.3, 0.4) is 0 Å². The molecule has 200 valence electrons. The molecule has 0 spiro atoms. The molecule has 0 aliphatic carbocycles. The summed E-state index contributed by atoms with van der Waals surface area (Å²) in [5.74, 6) is 0.944. The molecule has 2 aromatic heterocycles. The summed E-state index contributed by atoms with van der Waals surface area (Å²) < 4.78 is 10.8. The van der Waals surface area contributed by atoms with Gasteiger partial charge in [0.05, 0.1) is 54.3 Å². The van der Waals surface area contributed by atoms with Crippen molar-refractivity contribution in [2.24, 2.45) is 0 Å². The van der Waals surface area contributed by atoms with Crippen molar-refractivity contribution >= 4 is 34.0 Å². The second-order valence-electron chi connectivity index (χ2n) is 9.25. The fourth-order valence-corrected chi connectivity index (χ4v) is 4.98. The third-order valence-corrected chi connectivity index (χ3v) is 7.01. The quantitative estimate of drug-likeness (QED) is 0.230. The molecule has 5 rings (SSSR count). The molecule has 3 heterocycles. The molecule has 2 aromatic carbocycles. The highest BCUT2D eigenvalue weighted by Gasteiger charge is 2.22. The number of benzene rings is 2. The maximum Gasteiger partial charge on any atom is 0.261 e. The number of imidazole rings is 1. The van der Waals surface area contributed by atoms with Gasteiger partial charge in [-0.15, -0.1) is 0 Å². The van der Waals surface area contributed by atoms with Gasteiger partial charge < -0.3 is 39.9 Å². The lowest BCUT2D eigenvalue weighted by atomic mass is 10.1. The molecule has 10 nitrogen and oxygen atoms in total. The third kappa shape index (κ3) is 5.21. The number of hydrogen-bond donors (Lipinski definition) is 5. The van der Waals surface area contributed by atoms with Gasteiger partial charge in [0, 0.05) is 31.5 Å². The summed E-state index contributed by atoms with van der Waals surface area (Å²) in [6.45, 7) is 3.95. The Labute approximate surface area is 224 Å². The number of aliphatic hydroxyl groups is 2. The largest absolute Gasteiger partial charge is 0.495 e. The maximum atomic E-state index is 12.9. The minimum atomic E-state index is -0.873. The molecule has 2 unspecified atom stereocenters. The number of aromatic nitrogens is 3. The van der Waals surface area contributed by atoms with E-state index in [4.69, 9.17) is 26.1 Å². The molecule has 1 aliphatic heterocycles. The van der Waals surface area contributed by atoms with E-state index in [1.807, 2.05) is 13.0 Å². The first-order valence-corrected chi connectivity index (χ1v) is 12.7. The van der Waals surface area contributed by atoms with Gasteiger partial charge >= 0.3 is 0 Å². The van der Waals surface area contributed by atoms with E-state index in [1.54, 1.807) is 30.5 Å². The van der Waals surface area contributed by atoms with Crippen molar-refractivity contribution in [1.82, 2.24) is 15.0 Å². The summed E-state index contributed by atoms with van der Waals surface area (Å²) in [6, 6.07) is 10.9. The van der Waals surface area contributed by atoms with Crippen LogP contribution in [0.15, 0.2) is 47.4 Å². The first-order valence-electron chi connectivity index (χ1n) is 12.3. The third-order valence-electron chi connectivity index (χ3n) is 6.71. The van der Waals surface area contributed by atoms with Gasteiger partial charge in [-0.3, -0.25) is 4.79 Å². The van der Waals surface area contributed by atoms with Crippen LogP contribution >= 0.6 is 11.6 Å². The van der Waals surface area contributed by atoms with E-state index in [2.05, 4.69) is 26.3 Å². The molecule has 0 bridgehead atoms. The van der Waals surface area contributed by atoms with Crippen LogP contribution in [0, 0.1) is 6.92 Å². The summed E-state index contributed by atoms with van der Waals surface area (Å²) in [5.41, 5.74) is 4.69. The number of hydrogen-bond acceptors (Lipinski definition) is 8. The number of rotatable bonds is 8. The van der Waals surface area contributed by atoms with E-state index in [1.165, 1.54) is 7.11 Å². The normalized spacial score (nSPS) is 16.6. The van der Waals surface area contributed by atoms with Crippen molar-refractivity contribution < 1.29 is 19.7 Å². The molecule has 4 aromatic rings. The number of nitrogens with one attached hydrogen (secondary N) is 3. The Morgan fingerprint density at radius 2 is 2.16 bits per heavy atom. The zero-order valence-corrected chi connectivity index (χ0v) is 21.9. The average Bonchev–Trinajstić information content (AvgIpc) is 3.36. The fraction of sp³-hybridized carbons (Fsp3) is 0.333. The lowest BCUT2D eigenvalue weighted by Crippen LogP contribution is -2.44. The number of anilines is 2. The molecule has 1 fully saturated rings. The SMILES string of the molecule is COc1ccc(C(O)CNc2cc[nH]c(=O)c2-c2nc3c(C)cc(N4CCOC(CO)C4)cc3[nH]2)cc1Cl. The van der Waals surface area contributed by atoms with Crippen molar-refractivity contribution in [3.63, 3.8) is 0 Å². The summed E-state index contributed by atoms with van der Waals surface area (Å²) in [7, 11) is 1.53. The number of morpholine rings is 1. The highest BCUT2D eigenvalue weighted by atomic mass is 35.5. The highest BCUT2D eigenvalue weighted by Crippen LogP contribution is 2.31. The molecule has 38 heavy (non-hydrogen) atoms. The van der Waals surface area contributed by atoms with Crippen molar-refractivity contribution in [3.8, 4) is 17.1 Å². The zero-order valence-electron chi connectivity index (χ0n) is 21.1. The summed E-state index contributed by atoms with van der Waals surface area (Å²) in [4.78, 5) is 25.9. The van der Waals surface area contributed by atoms with Gasteiger partial charge in [-0.05, 0) is 48.4 Å². The number of aliphatic hydroxyl groups excluding tert-OH is 2. The Bertz CT molecular complexity index is 1500. The predicted octanol–water partition coefficient (Wildman–Crippen LogP) is 3.23. The summed E-state index contributed by atoms with van der Waals surface area (Å²) in [6.07, 6.45) is 0.451.